The van der Waals surface area contributed by atoms with Gasteiger partial charge in [0, 0.05) is 11.1 Å². The van der Waals surface area contributed by atoms with Crippen molar-refractivity contribution in [1.82, 2.24) is 0 Å². The lowest BCUT2D eigenvalue weighted by Crippen LogP contribution is -1.87. The molecule has 0 saturated carbocycles. The van der Waals surface area contributed by atoms with Crippen molar-refractivity contribution in [2.75, 3.05) is 0 Å². The summed E-state index contributed by atoms with van der Waals surface area (Å²) in [6.45, 7) is 0. The summed E-state index contributed by atoms with van der Waals surface area (Å²) in [6, 6.07) is 7.36. The predicted octanol–water partition coefficient (Wildman–Crippen LogP) is 2.59. The number of carbonyl (C=O) groups excluding carboxylic acids is 1. The van der Waals surface area contributed by atoms with E-state index in [2.05, 4.69) is 11.8 Å². The fourth-order valence-corrected chi connectivity index (χ4v) is 1.40. The van der Waals surface area contributed by atoms with E-state index in [-0.39, 0.29) is 5.92 Å². The van der Waals surface area contributed by atoms with E-state index >= 15 is 0 Å². The molecule has 1 aromatic carbocycles. The normalized spacial score (nSPS) is 13.6. The summed E-state index contributed by atoms with van der Waals surface area (Å²) in [4.78, 5) is 10.7. The molecule has 1 nitrogen and oxygen atoms in total. The second-order valence-corrected chi connectivity index (χ2v) is 3.27. The maximum Gasteiger partial charge on any atom is 0.151 e. The van der Waals surface area contributed by atoms with E-state index in [1.54, 1.807) is 6.07 Å². The molecule has 0 spiro atoms. The molecule has 0 fully saturated rings. The van der Waals surface area contributed by atoms with Crippen molar-refractivity contribution in [3.63, 3.8) is 0 Å². The summed E-state index contributed by atoms with van der Waals surface area (Å²) in [5, 5.41) is 0. The van der Waals surface area contributed by atoms with Gasteiger partial charge in [0.1, 0.15) is 0 Å². The van der Waals surface area contributed by atoms with E-state index < -0.39 is 0 Å². The van der Waals surface area contributed by atoms with Crippen molar-refractivity contribution < 1.29 is 4.79 Å². The average Bonchev–Trinajstić information content (AvgIpc) is 2.79. The zero-order valence-corrected chi connectivity index (χ0v) is 8.18. The van der Waals surface area contributed by atoms with Gasteiger partial charge in [0.25, 0.3) is 0 Å². The molecule has 72 valence electrons. The molecule has 1 aromatic rings. The van der Waals surface area contributed by atoms with Crippen LogP contribution in [0.2, 0.25) is 0 Å². The van der Waals surface area contributed by atoms with Gasteiger partial charge in [0.05, 0.1) is 5.92 Å². The first-order valence-electron chi connectivity index (χ1n) is 4.81. The van der Waals surface area contributed by atoms with Crippen LogP contribution in [0.15, 0.2) is 48.6 Å². The Hall–Kier alpha value is -2.07. The number of hydrogen-bond acceptors (Lipinski definition) is 1. The fourth-order valence-electron chi connectivity index (χ4n) is 1.40. The zero-order chi connectivity index (χ0) is 10.5. The molecule has 0 unspecified atom stereocenters. The van der Waals surface area contributed by atoms with E-state index in [1.165, 1.54) is 0 Å². The van der Waals surface area contributed by atoms with Gasteiger partial charge in [-0.25, -0.2) is 0 Å². The Kier molecular flexibility index (Phi) is 2.80. The standard InChI is InChI=1S/C14H10O/c15-11-14-8-4-3-7-13(14)10-9-12-5-1-2-6-12/h1-8,11-12H. The molecule has 0 amide bonds. The molecule has 0 atom stereocenters. The Morgan fingerprint density at radius 2 is 1.87 bits per heavy atom. The lowest BCUT2D eigenvalue weighted by atomic mass is 10.1. The van der Waals surface area contributed by atoms with Gasteiger partial charge in [0.15, 0.2) is 6.29 Å². The first-order valence-corrected chi connectivity index (χ1v) is 4.81. The monoisotopic (exact) mass is 194 g/mol. The van der Waals surface area contributed by atoms with Crippen LogP contribution in [-0.4, -0.2) is 6.29 Å². The lowest BCUT2D eigenvalue weighted by Gasteiger charge is -1.95. The average molecular weight is 194 g/mol. The Balaban J connectivity index is 2.26. The van der Waals surface area contributed by atoms with Gasteiger partial charge in [-0.3, -0.25) is 4.79 Å². The van der Waals surface area contributed by atoms with Crippen LogP contribution in [0.3, 0.4) is 0 Å². The second-order valence-electron chi connectivity index (χ2n) is 3.27. The Labute approximate surface area is 89.1 Å². The molecule has 1 aliphatic rings. The van der Waals surface area contributed by atoms with E-state index in [1.807, 2.05) is 42.5 Å². The maximum absolute atomic E-state index is 10.7. The third-order valence-corrected chi connectivity index (χ3v) is 2.21. The minimum atomic E-state index is 0.185. The predicted molar refractivity (Wildman–Crippen MR) is 60.5 cm³/mol. The summed E-state index contributed by atoms with van der Waals surface area (Å²) in [7, 11) is 0. The van der Waals surface area contributed by atoms with Gasteiger partial charge in [-0.2, -0.15) is 0 Å². The molecule has 0 aliphatic heterocycles. The third kappa shape index (κ3) is 2.24. The summed E-state index contributed by atoms with van der Waals surface area (Å²) in [5.41, 5.74) is 1.44. The van der Waals surface area contributed by atoms with Crippen molar-refractivity contribution in [1.29, 1.82) is 0 Å². The van der Waals surface area contributed by atoms with E-state index in [9.17, 15) is 4.79 Å². The topological polar surface area (TPSA) is 17.1 Å². The van der Waals surface area contributed by atoms with Crippen LogP contribution in [0.5, 0.6) is 0 Å². The number of carbonyl (C=O) groups is 1. The molecule has 15 heavy (non-hydrogen) atoms. The quantitative estimate of drug-likeness (QED) is 0.496. The molecule has 0 bridgehead atoms. The third-order valence-electron chi connectivity index (χ3n) is 2.21. The van der Waals surface area contributed by atoms with Gasteiger partial charge < -0.3 is 0 Å². The SMILES string of the molecule is O=Cc1ccccc1C#CC1C=CC=C1. The Morgan fingerprint density at radius 1 is 1.13 bits per heavy atom. The molecule has 1 aliphatic carbocycles. The Bertz CT molecular complexity index is 472. The van der Waals surface area contributed by atoms with Crippen molar-refractivity contribution in [2.24, 2.45) is 5.92 Å². The largest absolute Gasteiger partial charge is 0.298 e. The van der Waals surface area contributed by atoms with Crippen molar-refractivity contribution in [2.45, 2.75) is 0 Å². The number of allylic oxidation sites excluding steroid dienone is 4. The fraction of sp³-hybridized carbons (Fsp3) is 0.0714. The highest BCUT2D eigenvalue weighted by Crippen LogP contribution is 2.08. The van der Waals surface area contributed by atoms with Crippen molar-refractivity contribution in [3.05, 3.63) is 59.7 Å². The molecule has 0 saturated heterocycles. The molecule has 0 aromatic heterocycles. The number of hydrogen-bond donors (Lipinski definition) is 0. The van der Waals surface area contributed by atoms with Gasteiger partial charge >= 0.3 is 0 Å². The summed E-state index contributed by atoms with van der Waals surface area (Å²) in [5.74, 6) is 6.30. The summed E-state index contributed by atoms with van der Waals surface area (Å²) < 4.78 is 0. The second kappa shape index (κ2) is 4.43. The van der Waals surface area contributed by atoms with E-state index in [0.29, 0.717) is 5.56 Å². The molecule has 0 N–H and O–H groups in total. The number of rotatable bonds is 1. The van der Waals surface area contributed by atoms with E-state index in [4.69, 9.17) is 0 Å². The minimum absolute atomic E-state index is 0.185. The zero-order valence-electron chi connectivity index (χ0n) is 8.18. The number of benzene rings is 1. The van der Waals surface area contributed by atoms with Crippen LogP contribution in [0.4, 0.5) is 0 Å². The van der Waals surface area contributed by atoms with Crippen LogP contribution >= 0.6 is 0 Å². The smallest absolute Gasteiger partial charge is 0.151 e. The van der Waals surface area contributed by atoms with Gasteiger partial charge in [-0.15, -0.1) is 0 Å². The van der Waals surface area contributed by atoms with Crippen LogP contribution < -0.4 is 0 Å². The molecule has 1 heteroatoms. The van der Waals surface area contributed by atoms with Crippen LogP contribution in [-0.2, 0) is 0 Å². The highest BCUT2D eigenvalue weighted by molar-refractivity contribution is 5.79. The first-order chi connectivity index (χ1) is 7.40. The summed E-state index contributed by atoms with van der Waals surface area (Å²) in [6.07, 6.45) is 8.84. The molecule has 2 rings (SSSR count). The number of aldehydes is 1. The molecule has 0 radical (unpaired) electrons. The van der Waals surface area contributed by atoms with Gasteiger partial charge in [0.2, 0.25) is 0 Å². The summed E-state index contributed by atoms with van der Waals surface area (Å²) >= 11 is 0. The first kappa shape index (κ1) is 9.48. The van der Waals surface area contributed by atoms with E-state index in [0.717, 1.165) is 11.8 Å². The van der Waals surface area contributed by atoms with Crippen LogP contribution in [0.1, 0.15) is 15.9 Å². The Morgan fingerprint density at radius 3 is 2.60 bits per heavy atom. The highest BCUT2D eigenvalue weighted by atomic mass is 16.1. The van der Waals surface area contributed by atoms with Crippen molar-refractivity contribution in [3.8, 4) is 11.8 Å². The highest BCUT2D eigenvalue weighted by Gasteiger charge is 1.99. The van der Waals surface area contributed by atoms with Crippen LogP contribution in [0.25, 0.3) is 0 Å². The van der Waals surface area contributed by atoms with Gasteiger partial charge in [-0.1, -0.05) is 54.3 Å². The molecular weight excluding hydrogens is 184 g/mol. The maximum atomic E-state index is 10.7. The van der Waals surface area contributed by atoms with Crippen LogP contribution in [0, 0.1) is 17.8 Å². The van der Waals surface area contributed by atoms with Gasteiger partial charge in [-0.05, 0) is 6.07 Å². The lowest BCUT2D eigenvalue weighted by molar-refractivity contribution is 0.112. The molecule has 0 heterocycles. The minimum Gasteiger partial charge on any atom is -0.298 e. The van der Waals surface area contributed by atoms with Crippen molar-refractivity contribution >= 4 is 6.29 Å². The molecular formula is C14H10O.